The first-order chi connectivity index (χ1) is 6.02. The van der Waals surface area contributed by atoms with Crippen LogP contribution in [0.1, 0.15) is 53.9 Å². The summed E-state index contributed by atoms with van der Waals surface area (Å²) in [5.74, 6) is 0.796. The second-order valence-electron chi connectivity index (χ2n) is 4.17. The Morgan fingerprint density at radius 2 is 1.69 bits per heavy atom. The molecule has 0 rings (SSSR count). The average Bonchev–Trinajstić information content (AvgIpc) is 2.00. The quantitative estimate of drug-likeness (QED) is 0.458. The number of hydrogen-bond donors (Lipinski definition) is 0. The first kappa shape index (κ1) is 12.3. The first-order valence-corrected chi connectivity index (χ1v) is 5.06. The third-order valence-corrected chi connectivity index (χ3v) is 1.74. The van der Waals surface area contributed by atoms with Crippen LogP contribution < -0.4 is 0 Å². The maximum Gasteiger partial charge on any atom is 0.0375 e. The summed E-state index contributed by atoms with van der Waals surface area (Å²) >= 11 is 0. The predicted octanol–water partition coefficient (Wildman–Crippen LogP) is 3.67. The fourth-order valence-electron chi connectivity index (χ4n) is 1.00. The Balaban J connectivity index is 3.68. The van der Waals surface area contributed by atoms with Crippen LogP contribution in [0.5, 0.6) is 0 Å². The van der Waals surface area contributed by atoms with Gasteiger partial charge in [-0.1, -0.05) is 20.3 Å². The second kappa shape index (κ2) is 6.81. The van der Waals surface area contributed by atoms with E-state index in [1.54, 1.807) is 0 Å². The van der Waals surface area contributed by atoms with E-state index in [0.29, 0.717) is 0 Å². The molecule has 0 aromatic rings. The number of rotatable bonds is 5. The minimum atomic E-state index is 0.796. The molecule has 0 heterocycles. The van der Waals surface area contributed by atoms with E-state index in [0.717, 1.165) is 23.8 Å². The van der Waals surface area contributed by atoms with Crippen molar-refractivity contribution >= 4 is 11.4 Å². The summed E-state index contributed by atoms with van der Waals surface area (Å²) in [6.07, 6.45) is 3.59. The SMILES string of the molecule is CC(C)=NN=C(C)CCCC(C)C. The summed E-state index contributed by atoms with van der Waals surface area (Å²) < 4.78 is 0. The van der Waals surface area contributed by atoms with Crippen LogP contribution in [0.2, 0.25) is 0 Å². The van der Waals surface area contributed by atoms with Crippen LogP contribution in [0.4, 0.5) is 0 Å². The maximum atomic E-state index is 4.13. The van der Waals surface area contributed by atoms with Crippen molar-refractivity contribution in [2.24, 2.45) is 16.1 Å². The van der Waals surface area contributed by atoms with Crippen LogP contribution >= 0.6 is 0 Å². The molecular weight excluding hydrogens is 160 g/mol. The summed E-state index contributed by atoms with van der Waals surface area (Å²) in [7, 11) is 0. The van der Waals surface area contributed by atoms with Gasteiger partial charge in [-0.05, 0) is 39.5 Å². The second-order valence-corrected chi connectivity index (χ2v) is 4.17. The van der Waals surface area contributed by atoms with Gasteiger partial charge in [0.05, 0.1) is 0 Å². The van der Waals surface area contributed by atoms with E-state index < -0.39 is 0 Å². The fourth-order valence-corrected chi connectivity index (χ4v) is 1.00. The highest BCUT2D eigenvalue weighted by molar-refractivity contribution is 5.84. The molecule has 0 aliphatic rings. The largest absolute Gasteiger partial charge is 0.161 e. The molecular formula is C11H22N2. The molecule has 0 fully saturated rings. The molecule has 0 saturated carbocycles. The molecule has 0 aliphatic heterocycles. The van der Waals surface area contributed by atoms with E-state index in [1.165, 1.54) is 12.8 Å². The Bertz CT molecular complexity index is 186. The highest BCUT2D eigenvalue weighted by Gasteiger charge is 1.95. The van der Waals surface area contributed by atoms with Gasteiger partial charge in [-0.2, -0.15) is 10.2 Å². The molecule has 0 bridgehead atoms. The Morgan fingerprint density at radius 1 is 1.08 bits per heavy atom. The van der Waals surface area contributed by atoms with E-state index in [4.69, 9.17) is 0 Å². The standard InChI is InChI=1S/C11H22N2/c1-9(2)7-6-8-11(5)13-12-10(3)4/h9H,6-8H2,1-5H3. The molecule has 13 heavy (non-hydrogen) atoms. The zero-order valence-electron chi connectivity index (χ0n) is 9.59. The Hall–Kier alpha value is -0.660. The van der Waals surface area contributed by atoms with Gasteiger partial charge in [0.1, 0.15) is 0 Å². The lowest BCUT2D eigenvalue weighted by Gasteiger charge is -2.02. The number of nitrogens with zero attached hydrogens (tertiary/aromatic N) is 2. The molecule has 0 amide bonds. The van der Waals surface area contributed by atoms with Crippen molar-refractivity contribution in [3.8, 4) is 0 Å². The van der Waals surface area contributed by atoms with Crippen LogP contribution in [-0.4, -0.2) is 11.4 Å². The smallest absolute Gasteiger partial charge is 0.0375 e. The van der Waals surface area contributed by atoms with Gasteiger partial charge in [-0.15, -0.1) is 0 Å². The summed E-state index contributed by atoms with van der Waals surface area (Å²) in [5.41, 5.74) is 2.16. The molecule has 0 radical (unpaired) electrons. The summed E-state index contributed by atoms with van der Waals surface area (Å²) in [4.78, 5) is 0. The van der Waals surface area contributed by atoms with Gasteiger partial charge in [0.25, 0.3) is 0 Å². The van der Waals surface area contributed by atoms with Gasteiger partial charge >= 0.3 is 0 Å². The summed E-state index contributed by atoms with van der Waals surface area (Å²) in [5, 5.41) is 8.15. The van der Waals surface area contributed by atoms with Gasteiger partial charge in [-0.3, -0.25) is 0 Å². The Kier molecular flexibility index (Phi) is 6.47. The van der Waals surface area contributed by atoms with E-state index in [1.807, 2.05) is 20.8 Å². The van der Waals surface area contributed by atoms with Crippen molar-refractivity contribution < 1.29 is 0 Å². The first-order valence-electron chi connectivity index (χ1n) is 5.06. The molecule has 0 saturated heterocycles. The van der Waals surface area contributed by atoms with Crippen molar-refractivity contribution in [1.82, 2.24) is 0 Å². The zero-order chi connectivity index (χ0) is 10.3. The van der Waals surface area contributed by atoms with Gasteiger partial charge in [0.15, 0.2) is 0 Å². The van der Waals surface area contributed by atoms with Gasteiger partial charge in [0.2, 0.25) is 0 Å². The van der Waals surface area contributed by atoms with Gasteiger partial charge < -0.3 is 0 Å². The van der Waals surface area contributed by atoms with Crippen molar-refractivity contribution in [2.75, 3.05) is 0 Å². The minimum absolute atomic E-state index is 0.796. The predicted molar refractivity (Wildman–Crippen MR) is 60.6 cm³/mol. The molecule has 0 aromatic carbocycles. The van der Waals surface area contributed by atoms with Crippen molar-refractivity contribution in [1.29, 1.82) is 0 Å². The lowest BCUT2D eigenvalue weighted by Crippen LogP contribution is -1.94. The van der Waals surface area contributed by atoms with Crippen molar-refractivity contribution in [2.45, 2.75) is 53.9 Å². The van der Waals surface area contributed by atoms with Crippen LogP contribution in [-0.2, 0) is 0 Å². The summed E-state index contributed by atoms with van der Waals surface area (Å²) in [6, 6.07) is 0. The topological polar surface area (TPSA) is 24.7 Å². The fraction of sp³-hybridized carbons (Fsp3) is 0.818. The molecule has 0 spiro atoms. The summed E-state index contributed by atoms with van der Waals surface area (Å²) in [6.45, 7) is 10.5. The van der Waals surface area contributed by atoms with E-state index >= 15 is 0 Å². The molecule has 76 valence electrons. The normalized spacial score (nSPS) is 12.0. The van der Waals surface area contributed by atoms with Crippen LogP contribution in [0, 0.1) is 5.92 Å². The highest BCUT2D eigenvalue weighted by atomic mass is 15.2. The van der Waals surface area contributed by atoms with Crippen LogP contribution in [0.25, 0.3) is 0 Å². The minimum Gasteiger partial charge on any atom is -0.161 e. The maximum absolute atomic E-state index is 4.13. The van der Waals surface area contributed by atoms with E-state index in [2.05, 4.69) is 24.1 Å². The molecule has 0 aliphatic carbocycles. The molecule has 0 unspecified atom stereocenters. The lowest BCUT2D eigenvalue weighted by atomic mass is 10.1. The van der Waals surface area contributed by atoms with Crippen LogP contribution in [0.3, 0.4) is 0 Å². The lowest BCUT2D eigenvalue weighted by molar-refractivity contribution is 0.564. The molecule has 0 aromatic heterocycles. The van der Waals surface area contributed by atoms with Gasteiger partial charge in [-0.25, -0.2) is 0 Å². The van der Waals surface area contributed by atoms with Crippen molar-refractivity contribution in [3.05, 3.63) is 0 Å². The average molecular weight is 182 g/mol. The highest BCUT2D eigenvalue weighted by Crippen LogP contribution is 2.06. The van der Waals surface area contributed by atoms with Crippen LogP contribution in [0.15, 0.2) is 10.2 Å². The Labute approximate surface area is 82.1 Å². The van der Waals surface area contributed by atoms with Crippen molar-refractivity contribution in [3.63, 3.8) is 0 Å². The van der Waals surface area contributed by atoms with Gasteiger partial charge in [0, 0.05) is 11.4 Å². The third kappa shape index (κ3) is 9.25. The Morgan fingerprint density at radius 3 is 2.15 bits per heavy atom. The monoisotopic (exact) mass is 182 g/mol. The molecule has 0 atom stereocenters. The van der Waals surface area contributed by atoms with E-state index in [-0.39, 0.29) is 0 Å². The third-order valence-electron chi connectivity index (χ3n) is 1.74. The van der Waals surface area contributed by atoms with E-state index in [9.17, 15) is 0 Å². The number of hydrogen-bond acceptors (Lipinski definition) is 2. The molecule has 0 N–H and O–H groups in total. The molecule has 2 heteroatoms. The molecule has 2 nitrogen and oxygen atoms in total. The zero-order valence-corrected chi connectivity index (χ0v) is 9.59.